The van der Waals surface area contributed by atoms with Crippen LogP contribution in [0, 0.1) is 5.41 Å². The Bertz CT molecular complexity index is 909. The molecule has 1 heterocycles. The largest absolute Gasteiger partial charge is 0.481 e. The van der Waals surface area contributed by atoms with Gasteiger partial charge in [-0.2, -0.15) is 5.10 Å². The SMILES string of the molecule is CCn1ccc(C(CC(=O)O)NC(=O)CNC(=O)c2cccc(NC(=N)N)c2)n1. The number of rotatable bonds is 9. The Kier molecular flexibility index (Phi) is 7.29. The van der Waals surface area contributed by atoms with Gasteiger partial charge in [0.25, 0.3) is 5.91 Å². The minimum Gasteiger partial charge on any atom is -0.481 e. The van der Waals surface area contributed by atoms with Crippen LogP contribution in [-0.4, -0.2) is 45.2 Å². The van der Waals surface area contributed by atoms with Crippen molar-refractivity contribution in [3.8, 4) is 0 Å². The van der Waals surface area contributed by atoms with Gasteiger partial charge in [0.15, 0.2) is 5.96 Å². The molecular formula is C18H23N7O4. The molecule has 0 saturated heterocycles. The predicted molar refractivity (Wildman–Crippen MR) is 105 cm³/mol. The van der Waals surface area contributed by atoms with Crippen LogP contribution in [0.4, 0.5) is 5.69 Å². The van der Waals surface area contributed by atoms with Gasteiger partial charge in [-0.25, -0.2) is 0 Å². The Morgan fingerprint density at radius 1 is 1.31 bits per heavy atom. The molecular weight excluding hydrogens is 378 g/mol. The summed E-state index contributed by atoms with van der Waals surface area (Å²) in [5.41, 5.74) is 6.42. The molecule has 1 atom stereocenters. The highest BCUT2D eigenvalue weighted by atomic mass is 16.4. The third-order valence-corrected chi connectivity index (χ3v) is 3.87. The van der Waals surface area contributed by atoms with E-state index in [4.69, 9.17) is 16.2 Å². The number of carboxylic acid groups (broad SMARTS) is 1. The van der Waals surface area contributed by atoms with Crippen molar-refractivity contribution in [1.82, 2.24) is 20.4 Å². The average molecular weight is 401 g/mol. The number of aromatic nitrogens is 2. The highest BCUT2D eigenvalue weighted by Crippen LogP contribution is 2.15. The van der Waals surface area contributed by atoms with Crippen molar-refractivity contribution in [3.05, 3.63) is 47.8 Å². The summed E-state index contributed by atoms with van der Waals surface area (Å²) in [7, 11) is 0. The molecule has 0 radical (unpaired) electrons. The first-order chi connectivity index (χ1) is 13.8. The number of carbonyl (C=O) groups is 3. The molecule has 0 bridgehead atoms. The van der Waals surface area contributed by atoms with Crippen LogP contribution in [0.1, 0.15) is 35.4 Å². The lowest BCUT2D eigenvalue weighted by Gasteiger charge is -2.15. The minimum atomic E-state index is -1.08. The number of nitrogens with one attached hydrogen (secondary N) is 4. The van der Waals surface area contributed by atoms with Crippen LogP contribution in [0.15, 0.2) is 36.5 Å². The molecule has 0 fully saturated rings. The zero-order valence-electron chi connectivity index (χ0n) is 15.8. The van der Waals surface area contributed by atoms with E-state index in [1.165, 1.54) is 6.07 Å². The van der Waals surface area contributed by atoms with Gasteiger partial charge in [-0.05, 0) is 31.2 Å². The van der Waals surface area contributed by atoms with Crippen LogP contribution >= 0.6 is 0 Å². The molecule has 0 spiro atoms. The van der Waals surface area contributed by atoms with E-state index in [0.717, 1.165) is 0 Å². The number of guanidine groups is 1. The number of hydrogen-bond donors (Lipinski definition) is 6. The van der Waals surface area contributed by atoms with Crippen LogP contribution < -0.4 is 21.7 Å². The molecule has 0 saturated carbocycles. The second kappa shape index (κ2) is 9.88. The summed E-state index contributed by atoms with van der Waals surface area (Å²) in [6.45, 7) is 2.16. The van der Waals surface area contributed by atoms with Gasteiger partial charge in [-0.3, -0.25) is 24.5 Å². The second-order valence-electron chi connectivity index (χ2n) is 6.12. The molecule has 0 aliphatic heterocycles. The predicted octanol–water partition coefficient (Wildman–Crippen LogP) is 0.270. The van der Waals surface area contributed by atoms with Crippen LogP contribution in [0.25, 0.3) is 0 Å². The summed E-state index contributed by atoms with van der Waals surface area (Å²) in [5, 5.41) is 28.1. The van der Waals surface area contributed by atoms with E-state index in [2.05, 4.69) is 21.0 Å². The van der Waals surface area contributed by atoms with Crippen LogP contribution in [0.3, 0.4) is 0 Å². The van der Waals surface area contributed by atoms with E-state index < -0.39 is 23.8 Å². The van der Waals surface area contributed by atoms with Crippen LogP contribution in [0.2, 0.25) is 0 Å². The molecule has 29 heavy (non-hydrogen) atoms. The Balaban J connectivity index is 1.96. The lowest BCUT2D eigenvalue weighted by Crippen LogP contribution is -2.39. The lowest BCUT2D eigenvalue weighted by atomic mass is 10.1. The molecule has 1 unspecified atom stereocenters. The number of amides is 2. The standard InChI is InChI=1S/C18H23N7O4/c1-2-25-7-6-13(24-25)14(9-16(27)28)23-15(26)10-21-17(29)11-4-3-5-12(8-11)22-18(19)20/h3-8,14H,2,9-10H2,1H3,(H,21,29)(H,23,26)(H,27,28)(H4,19,20,22). The van der Waals surface area contributed by atoms with Gasteiger partial charge in [0.1, 0.15) is 0 Å². The fraction of sp³-hybridized carbons (Fsp3) is 0.278. The van der Waals surface area contributed by atoms with E-state index >= 15 is 0 Å². The topological polar surface area (TPSA) is 175 Å². The van der Waals surface area contributed by atoms with Crippen molar-refractivity contribution in [2.24, 2.45) is 5.73 Å². The highest BCUT2D eigenvalue weighted by Gasteiger charge is 2.21. The van der Waals surface area contributed by atoms with Gasteiger partial charge < -0.3 is 26.8 Å². The van der Waals surface area contributed by atoms with Crippen molar-refractivity contribution < 1.29 is 19.5 Å². The number of carboxylic acids is 1. The van der Waals surface area contributed by atoms with Gasteiger partial charge >= 0.3 is 5.97 Å². The maximum atomic E-state index is 12.2. The van der Waals surface area contributed by atoms with Crippen molar-refractivity contribution in [2.75, 3.05) is 11.9 Å². The van der Waals surface area contributed by atoms with E-state index in [1.54, 1.807) is 35.1 Å². The molecule has 2 amide bonds. The Hall–Kier alpha value is -3.89. The maximum absolute atomic E-state index is 12.2. The molecule has 2 rings (SSSR count). The number of aliphatic carboxylic acids is 1. The molecule has 1 aromatic carbocycles. The first kappa shape index (κ1) is 21.4. The van der Waals surface area contributed by atoms with Crippen molar-refractivity contribution in [3.63, 3.8) is 0 Å². The van der Waals surface area contributed by atoms with Gasteiger partial charge in [-0.15, -0.1) is 0 Å². The van der Waals surface area contributed by atoms with E-state index in [1.807, 2.05) is 6.92 Å². The summed E-state index contributed by atoms with van der Waals surface area (Å²) in [6.07, 6.45) is 1.36. The molecule has 7 N–H and O–H groups in total. The van der Waals surface area contributed by atoms with Crippen molar-refractivity contribution in [1.29, 1.82) is 5.41 Å². The van der Waals surface area contributed by atoms with Gasteiger partial charge in [0, 0.05) is 24.0 Å². The lowest BCUT2D eigenvalue weighted by molar-refractivity contribution is -0.137. The first-order valence-electron chi connectivity index (χ1n) is 8.82. The minimum absolute atomic E-state index is 0.267. The third kappa shape index (κ3) is 6.65. The molecule has 0 aliphatic rings. The second-order valence-corrected chi connectivity index (χ2v) is 6.12. The smallest absolute Gasteiger partial charge is 0.305 e. The average Bonchev–Trinajstić information content (AvgIpc) is 3.14. The number of nitrogens with two attached hydrogens (primary N) is 1. The van der Waals surface area contributed by atoms with E-state index in [-0.39, 0.29) is 24.5 Å². The highest BCUT2D eigenvalue weighted by molar-refractivity contribution is 5.98. The summed E-state index contributed by atoms with van der Waals surface area (Å²) >= 11 is 0. The van der Waals surface area contributed by atoms with E-state index in [0.29, 0.717) is 17.9 Å². The Morgan fingerprint density at radius 3 is 2.69 bits per heavy atom. The van der Waals surface area contributed by atoms with Crippen molar-refractivity contribution >= 4 is 29.4 Å². The number of benzene rings is 1. The van der Waals surface area contributed by atoms with Gasteiger partial charge in [-0.1, -0.05) is 6.07 Å². The van der Waals surface area contributed by atoms with Crippen molar-refractivity contribution in [2.45, 2.75) is 25.9 Å². The molecule has 0 aliphatic carbocycles. The molecule has 11 heteroatoms. The fourth-order valence-electron chi connectivity index (χ4n) is 2.55. The quantitative estimate of drug-likeness (QED) is 0.258. The molecule has 2 aromatic rings. The van der Waals surface area contributed by atoms with Crippen LogP contribution in [0.5, 0.6) is 0 Å². The van der Waals surface area contributed by atoms with E-state index in [9.17, 15) is 14.4 Å². The number of carbonyl (C=O) groups excluding carboxylic acids is 2. The normalized spacial score (nSPS) is 11.3. The maximum Gasteiger partial charge on any atom is 0.305 e. The summed E-state index contributed by atoms with van der Waals surface area (Å²) in [5.74, 6) is -2.40. The Labute approximate surface area is 166 Å². The summed E-state index contributed by atoms with van der Waals surface area (Å²) in [6, 6.07) is 7.10. The number of hydrogen-bond acceptors (Lipinski definition) is 5. The summed E-state index contributed by atoms with van der Waals surface area (Å²) in [4.78, 5) is 35.6. The monoisotopic (exact) mass is 401 g/mol. The number of anilines is 1. The number of aryl methyl sites for hydroxylation is 1. The first-order valence-corrected chi connectivity index (χ1v) is 8.82. The molecule has 154 valence electrons. The zero-order valence-corrected chi connectivity index (χ0v) is 15.8. The molecule has 11 nitrogen and oxygen atoms in total. The fourth-order valence-corrected chi connectivity index (χ4v) is 2.55. The number of nitrogens with zero attached hydrogens (tertiary/aromatic N) is 2. The summed E-state index contributed by atoms with van der Waals surface area (Å²) < 4.78 is 1.63. The van der Waals surface area contributed by atoms with Crippen LogP contribution in [-0.2, 0) is 16.1 Å². The molecule has 1 aromatic heterocycles. The zero-order chi connectivity index (χ0) is 21.4. The Morgan fingerprint density at radius 2 is 2.07 bits per heavy atom. The third-order valence-electron chi connectivity index (χ3n) is 3.87. The van der Waals surface area contributed by atoms with Gasteiger partial charge in [0.05, 0.1) is 24.7 Å². The van der Waals surface area contributed by atoms with Gasteiger partial charge in [0.2, 0.25) is 5.91 Å².